The van der Waals surface area contributed by atoms with Gasteiger partial charge < -0.3 is 19.9 Å². The van der Waals surface area contributed by atoms with Gasteiger partial charge in [0, 0.05) is 5.56 Å². The van der Waals surface area contributed by atoms with Gasteiger partial charge in [0.2, 0.25) is 5.88 Å². The number of ether oxygens (including phenoxy) is 3. The first-order valence-corrected chi connectivity index (χ1v) is 8.38. The van der Waals surface area contributed by atoms with E-state index in [2.05, 4.69) is 0 Å². The second-order valence-electron chi connectivity index (χ2n) is 6.05. The lowest BCUT2D eigenvalue weighted by atomic mass is 9.81. The maximum absolute atomic E-state index is 14.3. The normalized spacial score (nSPS) is 19.2. The van der Waals surface area contributed by atoms with E-state index in [1.807, 2.05) is 6.07 Å². The molecule has 3 rings (SSSR count). The third kappa shape index (κ3) is 2.99. The number of hydrogen-bond acceptors (Lipinski definition) is 6. The summed E-state index contributed by atoms with van der Waals surface area (Å²) < 4.78 is 30.5. The molecule has 0 aliphatic carbocycles. The topological polar surface area (TPSA) is 94.6 Å². The van der Waals surface area contributed by atoms with Crippen LogP contribution < -0.4 is 10.5 Å². The van der Waals surface area contributed by atoms with E-state index in [4.69, 9.17) is 19.9 Å². The summed E-state index contributed by atoms with van der Waals surface area (Å²) >= 11 is 0. The van der Waals surface area contributed by atoms with Crippen molar-refractivity contribution in [3.05, 3.63) is 51.9 Å². The predicted molar refractivity (Wildman–Crippen MR) is 90.2 cm³/mol. The van der Waals surface area contributed by atoms with Gasteiger partial charge in [-0.15, -0.1) is 0 Å². The number of carbonyl (C=O) groups excluding carboxylic acids is 1. The minimum atomic E-state index is -0.907. The van der Waals surface area contributed by atoms with Crippen LogP contribution in [0, 0.1) is 17.1 Å². The zero-order chi connectivity index (χ0) is 18.8. The van der Waals surface area contributed by atoms with E-state index in [0.717, 1.165) is 6.42 Å². The highest BCUT2D eigenvalue weighted by Gasteiger charge is 2.39. The number of aryl methyl sites for hydroxylation is 1. The maximum atomic E-state index is 14.3. The van der Waals surface area contributed by atoms with E-state index in [9.17, 15) is 14.4 Å². The quantitative estimate of drug-likeness (QED) is 0.835. The van der Waals surface area contributed by atoms with Crippen molar-refractivity contribution in [3.63, 3.8) is 0 Å². The summed E-state index contributed by atoms with van der Waals surface area (Å²) in [6, 6.07) is 4.67. The second kappa shape index (κ2) is 7.08. The molecule has 0 aromatic heterocycles. The molecule has 6 nitrogen and oxygen atoms in total. The molecule has 1 atom stereocenters. The van der Waals surface area contributed by atoms with Crippen molar-refractivity contribution in [1.82, 2.24) is 0 Å². The number of hydrogen-bond donors (Lipinski definition) is 1. The van der Waals surface area contributed by atoms with Gasteiger partial charge in [-0.3, -0.25) is 0 Å². The average Bonchev–Trinajstić information content (AvgIpc) is 2.60. The summed E-state index contributed by atoms with van der Waals surface area (Å²) in [7, 11) is 0. The Balaban J connectivity index is 2.24. The molecular formula is C19H19FN2O4. The van der Waals surface area contributed by atoms with E-state index < -0.39 is 17.7 Å². The number of nitrogens with two attached hydrogens (primary N) is 1. The Hall–Kier alpha value is -3.01. The van der Waals surface area contributed by atoms with Crippen LogP contribution in [0.15, 0.2) is 34.9 Å². The van der Waals surface area contributed by atoms with Crippen molar-refractivity contribution in [1.29, 1.82) is 5.26 Å². The number of fused-ring (bicyclic) bond motifs is 1. The Morgan fingerprint density at radius 2 is 2.27 bits per heavy atom. The highest BCUT2D eigenvalue weighted by molar-refractivity contribution is 5.92. The third-order valence-corrected chi connectivity index (χ3v) is 4.41. The molecule has 26 heavy (non-hydrogen) atoms. The summed E-state index contributed by atoms with van der Waals surface area (Å²) in [5.41, 5.74) is 7.11. The van der Waals surface area contributed by atoms with Crippen LogP contribution in [0.5, 0.6) is 5.75 Å². The molecule has 0 fully saturated rings. The number of benzene rings is 1. The number of halogens is 1. The lowest BCUT2D eigenvalue weighted by molar-refractivity contribution is -0.139. The van der Waals surface area contributed by atoms with Gasteiger partial charge in [0.1, 0.15) is 29.0 Å². The molecular weight excluding hydrogens is 339 g/mol. The van der Waals surface area contributed by atoms with E-state index in [-0.39, 0.29) is 29.4 Å². The number of carbonyl (C=O) groups is 1. The zero-order valence-corrected chi connectivity index (χ0v) is 14.6. The van der Waals surface area contributed by atoms with Crippen molar-refractivity contribution in [2.24, 2.45) is 5.73 Å². The molecule has 2 heterocycles. The minimum Gasteiger partial charge on any atom is -0.493 e. The van der Waals surface area contributed by atoms with Gasteiger partial charge >= 0.3 is 5.97 Å². The van der Waals surface area contributed by atoms with Crippen LogP contribution in [0.4, 0.5) is 4.39 Å². The summed E-state index contributed by atoms with van der Waals surface area (Å²) in [5.74, 6) is -1.41. The Morgan fingerprint density at radius 1 is 1.50 bits per heavy atom. The number of rotatable bonds is 3. The minimum absolute atomic E-state index is 0.0284. The van der Waals surface area contributed by atoms with Crippen molar-refractivity contribution in [3.8, 4) is 11.8 Å². The Bertz CT molecular complexity index is 867. The Morgan fingerprint density at radius 3 is 2.96 bits per heavy atom. The van der Waals surface area contributed by atoms with Crippen molar-refractivity contribution in [2.45, 2.75) is 32.6 Å². The molecule has 0 spiro atoms. The molecule has 0 radical (unpaired) electrons. The van der Waals surface area contributed by atoms with Crippen LogP contribution in [0.3, 0.4) is 0 Å². The summed E-state index contributed by atoms with van der Waals surface area (Å²) in [6.45, 7) is 3.87. The van der Waals surface area contributed by atoms with Crippen molar-refractivity contribution in [2.75, 3.05) is 13.2 Å². The first-order chi connectivity index (χ1) is 12.5. The largest absolute Gasteiger partial charge is 0.493 e. The molecule has 1 aromatic rings. The zero-order valence-electron chi connectivity index (χ0n) is 14.6. The van der Waals surface area contributed by atoms with Gasteiger partial charge in [-0.25, -0.2) is 9.18 Å². The molecule has 136 valence electrons. The van der Waals surface area contributed by atoms with Gasteiger partial charge in [0.15, 0.2) is 0 Å². The van der Waals surface area contributed by atoms with Gasteiger partial charge in [-0.2, -0.15) is 5.26 Å². The maximum Gasteiger partial charge on any atom is 0.338 e. The monoisotopic (exact) mass is 358 g/mol. The number of esters is 1. The Labute approximate surface area is 150 Å². The lowest BCUT2D eigenvalue weighted by Crippen LogP contribution is -2.26. The number of allylic oxidation sites excluding steroid dienone is 2. The van der Waals surface area contributed by atoms with Gasteiger partial charge in [0.25, 0.3) is 0 Å². The van der Waals surface area contributed by atoms with Crippen LogP contribution in [0.1, 0.15) is 37.3 Å². The highest BCUT2D eigenvalue weighted by Crippen LogP contribution is 2.45. The fraction of sp³-hybridized carbons (Fsp3) is 0.368. The van der Waals surface area contributed by atoms with Crippen LogP contribution >= 0.6 is 0 Å². The molecule has 0 amide bonds. The summed E-state index contributed by atoms with van der Waals surface area (Å²) in [4.78, 5) is 12.5. The molecule has 1 aromatic carbocycles. The van der Waals surface area contributed by atoms with Gasteiger partial charge in [-0.1, -0.05) is 0 Å². The molecule has 2 N–H and O–H groups in total. The van der Waals surface area contributed by atoms with Crippen molar-refractivity contribution >= 4 is 5.97 Å². The average molecular weight is 358 g/mol. The number of nitriles is 1. The molecule has 7 heteroatoms. The van der Waals surface area contributed by atoms with Crippen LogP contribution in [0.25, 0.3) is 0 Å². The summed E-state index contributed by atoms with van der Waals surface area (Å²) in [6.07, 6.45) is 1.42. The first-order valence-electron chi connectivity index (χ1n) is 8.38. The van der Waals surface area contributed by atoms with Gasteiger partial charge in [-0.05, 0) is 44.4 Å². The SMILES string of the molecule is CCOC(=O)C1=C(C)OC(N)=C(C#N)C1c1cc(F)cc2c1OCCC2. The molecule has 1 unspecified atom stereocenters. The van der Waals surface area contributed by atoms with Crippen LogP contribution in [-0.4, -0.2) is 19.2 Å². The fourth-order valence-electron chi connectivity index (χ4n) is 3.35. The van der Waals surface area contributed by atoms with Crippen LogP contribution in [-0.2, 0) is 20.7 Å². The standard InChI is InChI=1S/C19H19FN2O4/c1-3-24-19(23)15-10(2)26-18(22)14(9-21)16(15)13-8-12(20)7-11-5-4-6-25-17(11)13/h7-8,16H,3-6,22H2,1-2H3. The molecule has 0 saturated carbocycles. The predicted octanol–water partition coefficient (Wildman–Crippen LogP) is 2.80. The van der Waals surface area contributed by atoms with E-state index in [0.29, 0.717) is 29.9 Å². The first kappa shape index (κ1) is 17.8. The van der Waals surface area contributed by atoms with E-state index in [1.165, 1.54) is 12.1 Å². The Kier molecular flexibility index (Phi) is 4.85. The molecule has 0 saturated heterocycles. The third-order valence-electron chi connectivity index (χ3n) is 4.41. The second-order valence-corrected chi connectivity index (χ2v) is 6.05. The smallest absolute Gasteiger partial charge is 0.338 e. The van der Waals surface area contributed by atoms with Crippen molar-refractivity contribution < 1.29 is 23.4 Å². The fourth-order valence-corrected chi connectivity index (χ4v) is 3.35. The molecule has 2 aliphatic rings. The lowest BCUT2D eigenvalue weighted by Gasteiger charge is -2.30. The van der Waals surface area contributed by atoms with E-state index >= 15 is 0 Å². The van der Waals surface area contributed by atoms with E-state index in [1.54, 1.807) is 13.8 Å². The molecule has 2 aliphatic heterocycles. The highest BCUT2D eigenvalue weighted by atomic mass is 19.1. The van der Waals surface area contributed by atoms with Crippen LogP contribution in [0.2, 0.25) is 0 Å². The summed E-state index contributed by atoms with van der Waals surface area (Å²) in [5, 5.41) is 9.61. The van der Waals surface area contributed by atoms with Gasteiger partial charge in [0.05, 0.1) is 24.7 Å². The molecule has 0 bridgehead atoms. The number of nitrogens with zero attached hydrogens (tertiary/aromatic N) is 1.